The maximum Gasteiger partial charge on any atom is 0.407 e. The smallest absolute Gasteiger partial charge is 0.407 e. The number of Topliss-reactive ketones (excluding diaryl/α,β-unsaturated/α-hetero) is 1. The van der Waals surface area contributed by atoms with E-state index < -0.39 is 41.6 Å². The summed E-state index contributed by atoms with van der Waals surface area (Å²) in [5.41, 5.74) is 6.90. The van der Waals surface area contributed by atoms with Gasteiger partial charge in [0.25, 0.3) is 0 Å². The second kappa shape index (κ2) is 17.6. The Hall–Kier alpha value is -4.41. The van der Waals surface area contributed by atoms with Gasteiger partial charge in [-0.1, -0.05) is 68.4 Å². The van der Waals surface area contributed by atoms with Gasteiger partial charge in [0.15, 0.2) is 5.78 Å². The number of nitrogens with two attached hydrogens (primary N) is 1. The van der Waals surface area contributed by atoms with E-state index in [2.05, 4.69) is 16.0 Å². The molecule has 44 heavy (non-hydrogen) atoms. The molecular weight excluding hydrogens is 564 g/mol. The summed E-state index contributed by atoms with van der Waals surface area (Å²) in [7, 11) is 0. The van der Waals surface area contributed by atoms with E-state index in [1.165, 1.54) is 0 Å². The minimum absolute atomic E-state index is 0.0550. The number of urea groups is 1. The summed E-state index contributed by atoms with van der Waals surface area (Å²) in [6, 6.07) is 15.0. The summed E-state index contributed by atoms with van der Waals surface area (Å²) in [5, 5.41) is 8.03. The highest BCUT2D eigenvalue weighted by Crippen LogP contribution is 2.20. The standard InChI is InChI=1S/C33H46N4O7/c1-22(2)26(19-29(39)44-33(3,4)5)30(40)37-27(12-9-17-35-31(34)41)28(38)18-23-13-15-24(16-14-23)20-36-32(42)43-21-25-10-7-6-8-11-25/h6-8,10-11,13-16,22,26-27H,9,12,17-21H2,1-5H3,(H,36,42)(H,37,40)(H3,34,35,41)/t26-,27-/m0/s1. The van der Waals surface area contributed by atoms with Crippen LogP contribution in [0.3, 0.4) is 0 Å². The lowest BCUT2D eigenvalue weighted by Gasteiger charge is -2.26. The highest BCUT2D eigenvalue weighted by atomic mass is 16.6. The third-order valence-corrected chi connectivity index (χ3v) is 6.67. The Morgan fingerprint density at radius 3 is 2.09 bits per heavy atom. The van der Waals surface area contributed by atoms with Crippen LogP contribution in [0, 0.1) is 11.8 Å². The summed E-state index contributed by atoms with van der Waals surface area (Å²) >= 11 is 0. The van der Waals surface area contributed by atoms with Gasteiger partial charge < -0.3 is 31.2 Å². The van der Waals surface area contributed by atoms with Crippen LogP contribution in [0.15, 0.2) is 54.6 Å². The van der Waals surface area contributed by atoms with E-state index in [0.717, 1.165) is 16.7 Å². The monoisotopic (exact) mass is 610 g/mol. The number of hydrogen-bond acceptors (Lipinski definition) is 7. The Balaban J connectivity index is 1.99. The summed E-state index contributed by atoms with van der Waals surface area (Å²) in [5.74, 6) is -1.97. The van der Waals surface area contributed by atoms with Crippen molar-refractivity contribution in [3.63, 3.8) is 0 Å². The number of benzene rings is 2. The second-order valence-corrected chi connectivity index (χ2v) is 12.0. The van der Waals surface area contributed by atoms with Gasteiger partial charge in [-0.05, 0) is 56.2 Å². The first-order valence-corrected chi connectivity index (χ1v) is 14.8. The van der Waals surface area contributed by atoms with Crippen LogP contribution in [0.1, 0.15) is 70.6 Å². The number of esters is 1. The molecule has 0 saturated carbocycles. The predicted molar refractivity (Wildman–Crippen MR) is 166 cm³/mol. The van der Waals surface area contributed by atoms with E-state index in [1.54, 1.807) is 45.0 Å². The van der Waals surface area contributed by atoms with E-state index in [-0.39, 0.29) is 50.7 Å². The van der Waals surface area contributed by atoms with Crippen molar-refractivity contribution in [1.82, 2.24) is 16.0 Å². The lowest BCUT2D eigenvalue weighted by atomic mass is 9.90. The van der Waals surface area contributed by atoms with Gasteiger partial charge in [-0.3, -0.25) is 14.4 Å². The molecule has 4 amide bonds. The quantitative estimate of drug-likeness (QED) is 0.164. The number of ether oxygens (including phenoxy) is 2. The second-order valence-electron chi connectivity index (χ2n) is 12.0. The van der Waals surface area contributed by atoms with Gasteiger partial charge in [-0.2, -0.15) is 0 Å². The minimum Gasteiger partial charge on any atom is -0.460 e. The van der Waals surface area contributed by atoms with Crippen molar-refractivity contribution in [2.45, 2.75) is 85.1 Å². The molecule has 2 atom stereocenters. The van der Waals surface area contributed by atoms with Gasteiger partial charge in [0.2, 0.25) is 5.91 Å². The number of ketones is 1. The molecule has 0 saturated heterocycles. The highest BCUT2D eigenvalue weighted by molar-refractivity contribution is 5.92. The first-order valence-electron chi connectivity index (χ1n) is 14.8. The average Bonchev–Trinajstić information content (AvgIpc) is 2.95. The molecular formula is C33H46N4O7. The SMILES string of the molecule is CC(C)[C@H](CC(=O)OC(C)(C)C)C(=O)N[C@@H](CCCNC(N)=O)C(=O)Cc1ccc(CNC(=O)OCc2ccccc2)cc1. The van der Waals surface area contributed by atoms with Crippen molar-refractivity contribution in [2.24, 2.45) is 17.6 Å². The molecule has 0 aliphatic heterocycles. The number of primary amides is 1. The molecule has 0 spiro atoms. The molecule has 5 N–H and O–H groups in total. The van der Waals surface area contributed by atoms with Crippen molar-refractivity contribution in [1.29, 1.82) is 0 Å². The molecule has 11 nitrogen and oxygen atoms in total. The van der Waals surface area contributed by atoms with Crippen molar-refractivity contribution < 1.29 is 33.4 Å². The highest BCUT2D eigenvalue weighted by Gasteiger charge is 2.31. The number of nitrogens with one attached hydrogen (secondary N) is 3. The first kappa shape index (κ1) is 35.8. The van der Waals surface area contributed by atoms with E-state index in [4.69, 9.17) is 15.2 Å². The van der Waals surface area contributed by atoms with Crippen molar-refractivity contribution in [3.8, 4) is 0 Å². The molecule has 0 fully saturated rings. The Morgan fingerprint density at radius 1 is 0.864 bits per heavy atom. The Bertz CT molecular complexity index is 1240. The number of alkyl carbamates (subject to hydrolysis) is 1. The van der Waals surface area contributed by atoms with Crippen LogP contribution < -0.4 is 21.7 Å². The topological polar surface area (TPSA) is 166 Å². The minimum atomic E-state index is -0.835. The molecule has 2 aromatic carbocycles. The Morgan fingerprint density at radius 2 is 1.50 bits per heavy atom. The molecule has 0 unspecified atom stereocenters. The molecule has 0 aromatic heterocycles. The summed E-state index contributed by atoms with van der Waals surface area (Å²) in [6.45, 7) is 9.61. The number of hydrogen-bond donors (Lipinski definition) is 4. The molecule has 0 aliphatic rings. The number of carbonyl (C=O) groups excluding carboxylic acids is 5. The van der Waals surface area contributed by atoms with E-state index >= 15 is 0 Å². The maximum absolute atomic E-state index is 13.4. The zero-order valence-corrected chi connectivity index (χ0v) is 26.3. The fourth-order valence-electron chi connectivity index (χ4n) is 4.35. The fraction of sp³-hybridized carbons (Fsp3) is 0.485. The largest absolute Gasteiger partial charge is 0.460 e. The van der Waals surface area contributed by atoms with Crippen LogP contribution in [0.25, 0.3) is 0 Å². The lowest BCUT2D eigenvalue weighted by Crippen LogP contribution is -2.46. The van der Waals surface area contributed by atoms with Crippen LogP contribution >= 0.6 is 0 Å². The summed E-state index contributed by atoms with van der Waals surface area (Å²) < 4.78 is 10.6. The third kappa shape index (κ3) is 14.2. The van der Waals surface area contributed by atoms with Gasteiger partial charge in [0.05, 0.1) is 18.4 Å². The van der Waals surface area contributed by atoms with E-state index in [1.807, 2.05) is 44.2 Å². The summed E-state index contributed by atoms with van der Waals surface area (Å²) in [6.07, 6.45) is 0.0848. The molecule has 11 heteroatoms. The van der Waals surface area contributed by atoms with Crippen LogP contribution in [0.2, 0.25) is 0 Å². The van der Waals surface area contributed by atoms with Gasteiger partial charge in [0, 0.05) is 19.5 Å². The molecule has 240 valence electrons. The predicted octanol–water partition coefficient (Wildman–Crippen LogP) is 4.16. The van der Waals surface area contributed by atoms with Crippen LogP contribution in [-0.2, 0) is 43.4 Å². The maximum atomic E-state index is 13.4. The summed E-state index contributed by atoms with van der Waals surface area (Å²) in [4.78, 5) is 62.2. The Kier molecular flexibility index (Phi) is 14.4. The Labute approximate surface area is 259 Å². The molecule has 2 aromatic rings. The third-order valence-electron chi connectivity index (χ3n) is 6.67. The zero-order chi connectivity index (χ0) is 32.7. The van der Waals surface area contributed by atoms with Crippen LogP contribution in [0.5, 0.6) is 0 Å². The normalized spacial score (nSPS) is 12.5. The van der Waals surface area contributed by atoms with Gasteiger partial charge in [-0.25, -0.2) is 9.59 Å². The van der Waals surface area contributed by atoms with Crippen LogP contribution in [-0.4, -0.2) is 48.0 Å². The van der Waals surface area contributed by atoms with Crippen molar-refractivity contribution >= 4 is 29.8 Å². The van der Waals surface area contributed by atoms with Crippen molar-refractivity contribution in [3.05, 3.63) is 71.3 Å². The zero-order valence-electron chi connectivity index (χ0n) is 26.3. The average molecular weight is 611 g/mol. The van der Waals surface area contributed by atoms with Gasteiger partial charge >= 0.3 is 18.1 Å². The molecule has 0 bridgehead atoms. The lowest BCUT2D eigenvalue weighted by molar-refractivity contribution is -0.158. The molecule has 0 heterocycles. The van der Waals surface area contributed by atoms with Crippen molar-refractivity contribution in [2.75, 3.05) is 6.54 Å². The molecule has 0 radical (unpaired) electrons. The first-order chi connectivity index (χ1) is 20.7. The van der Waals surface area contributed by atoms with Gasteiger partial charge in [-0.15, -0.1) is 0 Å². The number of carbonyl (C=O) groups is 5. The van der Waals surface area contributed by atoms with Crippen LogP contribution in [0.4, 0.5) is 9.59 Å². The van der Waals surface area contributed by atoms with E-state index in [0.29, 0.717) is 6.42 Å². The number of rotatable bonds is 16. The molecule has 2 rings (SSSR count). The number of amides is 4. The van der Waals surface area contributed by atoms with E-state index in [9.17, 15) is 24.0 Å². The molecule has 0 aliphatic carbocycles. The van der Waals surface area contributed by atoms with Gasteiger partial charge in [0.1, 0.15) is 12.2 Å². The fourth-order valence-corrected chi connectivity index (χ4v) is 4.35.